The summed E-state index contributed by atoms with van der Waals surface area (Å²) in [5.41, 5.74) is 2.74. The molecular weight excluding hydrogens is 2570 g/mol. The van der Waals surface area contributed by atoms with Gasteiger partial charge in [-0.25, -0.2) is 8.42 Å². The molecule has 0 amide bonds. The molecule has 2 aromatic rings. The molecule has 0 radical (unpaired) electrons. The number of carboxylic acids is 2. The summed E-state index contributed by atoms with van der Waals surface area (Å²) in [5.74, 6) is 3.69. The zero-order valence-electron chi connectivity index (χ0n) is 47.4. The van der Waals surface area contributed by atoms with E-state index in [0.717, 1.165) is 40.6 Å². The van der Waals surface area contributed by atoms with Gasteiger partial charge in [0.2, 0.25) is 0 Å². The molecule has 0 saturated carbocycles. The largest absolute Gasteiger partial charge is 2.00 e. The van der Waals surface area contributed by atoms with E-state index in [4.69, 9.17) is 30.0 Å². The Hall–Kier alpha value is 1.29. The molecule has 0 spiro atoms. The van der Waals surface area contributed by atoms with Crippen molar-refractivity contribution in [1.29, 1.82) is 0 Å². The number of Topliss-reactive ketones (excluding diaryl/α,β-unsaturated/α-hetero) is 3. The van der Waals surface area contributed by atoms with E-state index in [-0.39, 0.29) is 226 Å². The fourth-order valence-corrected chi connectivity index (χ4v) is 2.83. The Bertz CT molecular complexity index is 1620. The maximum atomic E-state index is 11.6. The summed E-state index contributed by atoms with van der Waals surface area (Å²) < 4.78 is 93.2. The van der Waals surface area contributed by atoms with Crippen LogP contribution in [0, 0.1) is 36.5 Å². The van der Waals surface area contributed by atoms with Crippen LogP contribution in [0.25, 0.3) is 11.1 Å². The predicted molar refractivity (Wildman–Crippen MR) is 259 cm³/mol. The Morgan fingerprint density at radius 1 is 0.539 bits per heavy atom. The van der Waals surface area contributed by atoms with Gasteiger partial charge in [-0.1, -0.05) is 90.1 Å². The van der Waals surface area contributed by atoms with Crippen LogP contribution >= 0.6 is 0 Å². The topological polar surface area (TPSA) is 210 Å². The summed E-state index contributed by atoms with van der Waals surface area (Å²) in [7, 11) is 2.58. The van der Waals surface area contributed by atoms with Crippen molar-refractivity contribution in [2.24, 2.45) is 10.8 Å². The summed E-state index contributed by atoms with van der Waals surface area (Å²) in [6.45, 7) is 31.3. The number of sulfone groups is 1. The average molecular weight is 2650 g/mol. The van der Waals surface area contributed by atoms with Crippen LogP contribution in [-0.2, 0) is 234 Å². The minimum absolute atomic E-state index is 0. The molecule has 12 nitrogen and oxygen atoms in total. The van der Waals surface area contributed by atoms with Gasteiger partial charge in [0.1, 0.15) is 15.6 Å². The predicted octanol–water partition coefficient (Wildman–Crippen LogP) is 10.9. The third kappa shape index (κ3) is 122. The molecule has 4 N–H and O–H groups in total. The molecule has 2 aromatic carbocycles. The van der Waals surface area contributed by atoms with Gasteiger partial charge in [0.15, 0.2) is 5.41 Å². The number of ether oxygens (including phenoxy) is 1. The number of hydrogen-bond acceptors (Lipinski definition) is 10. The van der Waals surface area contributed by atoms with Crippen LogP contribution in [0.4, 0.5) is 26.3 Å². The van der Waals surface area contributed by atoms with Gasteiger partial charge in [-0.05, 0) is 94.6 Å². The summed E-state index contributed by atoms with van der Waals surface area (Å²) in [6, 6.07) is 17.4. The number of ketones is 3. The van der Waals surface area contributed by atoms with E-state index in [2.05, 4.69) is 120 Å². The van der Waals surface area contributed by atoms with E-state index >= 15 is 0 Å². The second-order valence-electron chi connectivity index (χ2n) is 15.7. The number of carbonyl (C=O) groups excluding carboxylic acids is 3. The number of methoxy groups -OCH3 is 1. The van der Waals surface area contributed by atoms with Crippen molar-refractivity contribution in [1.82, 2.24) is 0 Å². The molecule has 76 heavy (non-hydrogen) atoms. The Morgan fingerprint density at radius 3 is 0.750 bits per heavy atom. The van der Waals surface area contributed by atoms with Crippen molar-refractivity contribution in [3.8, 4) is 23.0 Å². The van der Waals surface area contributed by atoms with Gasteiger partial charge in [0.05, 0.1) is 0 Å². The number of carbonyl (C=O) groups is 5. The molecule has 448 valence electrons. The quantitative estimate of drug-likeness (QED) is 0.110. The number of benzene rings is 2. The maximum absolute atomic E-state index is 11.6. The van der Waals surface area contributed by atoms with Crippen molar-refractivity contribution in [3.05, 3.63) is 73.5 Å². The number of aliphatic hydroxyl groups excluding tert-OH is 2. The van der Waals surface area contributed by atoms with Gasteiger partial charge in [-0.2, -0.15) is 26.3 Å². The average Bonchev–Trinajstić information content (AvgIpc) is 3.34. The van der Waals surface area contributed by atoms with Gasteiger partial charge in [0, 0.05) is 229 Å². The summed E-state index contributed by atoms with van der Waals surface area (Å²) >= 11 is 0. The van der Waals surface area contributed by atoms with Crippen molar-refractivity contribution in [3.63, 3.8) is 0 Å². The normalized spacial score (nSPS) is 9.13. The Labute approximate surface area is 582 Å². The molecule has 1 aliphatic rings. The molecule has 0 atom stereocenters. The molecular formula is C48H82F6O12SW9. The minimum Gasteiger partial charge on any atom is -0.481 e. The third-order valence-electron chi connectivity index (χ3n) is 5.16. The Morgan fingerprint density at radius 2 is 0.658 bits per heavy atom. The van der Waals surface area contributed by atoms with Crippen molar-refractivity contribution < 1.29 is 273 Å². The van der Waals surface area contributed by atoms with E-state index in [0.29, 0.717) is 5.41 Å². The second-order valence-corrected chi connectivity index (χ2v) is 18.0. The smallest absolute Gasteiger partial charge is 0.481 e. The summed E-state index contributed by atoms with van der Waals surface area (Å²) in [5, 5.41) is 28.8. The number of fused-ring (bicyclic) bond motifs is 3. The van der Waals surface area contributed by atoms with Crippen molar-refractivity contribution in [2.45, 2.75) is 129 Å². The van der Waals surface area contributed by atoms with Gasteiger partial charge >= 0.3 is 33.4 Å². The number of aliphatic hydroxyl groups is 2. The van der Waals surface area contributed by atoms with E-state index in [1.165, 1.54) is 49.9 Å². The van der Waals surface area contributed by atoms with Crippen LogP contribution in [0.15, 0.2) is 48.5 Å². The van der Waals surface area contributed by atoms with E-state index in [1.807, 2.05) is 13.8 Å². The fraction of sp³-hybridized carbons (Fsp3) is 0.562. The number of hydrogen-bond donors (Lipinski definition) is 4. The SMILES string of the molecule is CC#CC.CC(=O)O.CC(=O)O.CC(C)(C(F)(F)F)C(F)(F)F.CC(C)(C)C.CC(C)=O.CC1(C)c2ccccc2-c2ccccc21.CO.CO.COC.CS(C)(=O)=O.[CH2-]C(C)=O.[CH2-]C(C)=O.[W+2].[W].[W].[W].[W].[W].[W].[W].[W]. The van der Waals surface area contributed by atoms with Gasteiger partial charge < -0.3 is 53.4 Å². The molecule has 0 aliphatic heterocycles. The van der Waals surface area contributed by atoms with Crippen LogP contribution in [0.1, 0.15) is 122 Å². The van der Waals surface area contributed by atoms with Gasteiger partial charge in [-0.3, -0.25) is 9.59 Å². The molecule has 0 aromatic heterocycles. The first kappa shape index (κ1) is 132. The maximum Gasteiger partial charge on any atom is 2.00 e. The number of alkyl halides is 6. The van der Waals surface area contributed by atoms with Crippen molar-refractivity contribution in [2.75, 3.05) is 41.0 Å². The number of rotatable bonds is 0. The van der Waals surface area contributed by atoms with E-state index in [1.54, 1.807) is 14.2 Å². The first-order valence-electron chi connectivity index (χ1n) is 19.3. The minimum atomic E-state index is -5.24. The first-order valence-corrected chi connectivity index (χ1v) is 21.6. The summed E-state index contributed by atoms with van der Waals surface area (Å²) in [4.78, 5) is 46.1. The molecule has 0 bridgehead atoms. The summed E-state index contributed by atoms with van der Waals surface area (Å²) in [6.07, 6.45) is -8.17. The van der Waals surface area contributed by atoms with Crippen LogP contribution in [-0.4, -0.2) is 111 Å². The molecule has 0 saturated heterocycles. The van der Waals surface area contributed by atoms with Crippen LogP contribution in [0.2, 0.25) is 0 Å². The second kappa shape index (κ2) is 76.3. The Kier molecular flexibility index (Phi) is 133. The standard InChI is InChI=1S/C15H14.C5H6F6.C5H12.C4H6.C3H6O.2C3H5O.C2H6O2S.2C2H4O2.C2H6O.2CH4O.9W/c1-15(2)13-9-5-3-7-11(13)12-8-4-6-10-14(12)15;1-3(2,4(6,7)8)5(9,10)11;1-5(2,3)4;1-3-4-2;3*1-3(2)4;1-5(2,3)4;2*1-2(3)4;1-3-2;2*1-2;;;;;;;;;/h3-10H,1-2H3;1-2H3;1-4H3;2*1-2H3;2*1H2,2H3;1-2H3;2*1H3,(H,3,4);1-2H3;2*2H,1H3;;;;;;;;;/q;;;;;2*-1;;;;;;;;;;;;;;;+2. The number of halogens is 6. The van der Waals surface area contributed by atoms with Crippen LogP contribution < -0.4 is 0 Å². The van der Waals surface area contributed by atoms with Crippen molar-refractivity contribution >= 4 is 39.1 Å². The first-order chi connectivity index (χ1) is 29.7. The molecule has 28 heteroatoms. The van der Waals surface area contributed by atoms with Gasteiger partial charge in [0.25, 0.3) is 11.9 Å². The fourth-order valence-electron chi connectivity index (χ4n) is 2.83. The van der Waals surface area contributed by atoms with E-state index < -0.39 is 39.5 Å². The molecule has 0 unspecified atom stereocenters. The molecule has 3 rings (SSSR count). The van der Waals surface area contributed by atoms with E-state index in [9.17, 15) is 49.1 Å². The zero-order chi connectivity index (χ0) is 57.0. The number of aliphatic carboxylic acids is 2. The Balaban J connectivity index is -0.0000000285. The monoisotopic (exact) mass is 2650 g/mol. The molecule has 1 aliphatic carbocycles. The van der Waals surface area contributed by atoms with Crippen LogP contribution in [0.5, 0.6) is 0 Å². The molecule has 0 fully saturated rings. The van der Waals surface area contributed by atoms with Gasteiger partial charge in [-0.15, -0.1) is 11.8 Å². The number of carboxylic acid groups (broad SMARTS) is 2. The van der Waals surface area contributed by atoms with Crippen LogP contribution in [0.3, 0.4) is 0 Å². The zero-order valence-corrected chi connectivity index (χ0v) is 74.7. The molecule has 0 heterocycles. The third-order valence-corrected chi connectivity index (χ3v) is 5.16.